The van der Waals surface area contributed by atoms with Gasteiger partial charge in [-0.3, -0.25) is 4.68 Å². The number of rotatable bonds is 7. The molecule has 0 radical (unpaired) electrons. The molecule has 1 aromatic heterocycles. The minimum absolute atomic E-state index is 0.378. The summed E-state index contributed by atoms with van der Waals surface area (Å²) in [5, 5.41) is 7.63. The summed E-state index contributed by atoms with van der Waals surface area (Å²) in [4.78, 5) is 0. The highest BCUT2D eigenvalue weighted by Crippen LogP contribution is 2.12. The van der Waals surface area contributed by atoms with Crippen LogP contribution in [0.15, 0.2) is 12.4 Å². The Labute approximate surface area is 108 Å². The van der Waals surface area contributed by atoms with E-state index in [1.165, 1.54) is 6.42 Å². The van der Waals surface area contributed by atoms with Crippen molar-refractivity contribution in [1.29, 1.82) is 0 Å². The highest BCUT2D eigenvalue weighted by Gasteiger charge is 2.14. The molecule has 2 rings (SSSR count). The second-order valence-corrected chi connectivity index (χ2v) is 5.03. The summed E-state index contributed by atoms with van der Waals surface area (Å²) in [6.45, 7) is 8.58. The van der Waals surface area contributed by atoms with Gasteiger partial charge in [-0.2, -0.15) is 5.10 Å². The van der Waals surface area contributed by atoms with Crippen molar-refractivity contribution in [2.45, 2.75) is 26.3 Å². The Hall–Kier alpha value is -1.07. The van der Waals surface area contributed by atoms with Crippen molar-refractivity contribution in [3.05, 3.63) is 12.4 Å². The fourth-order valence-corrected chi connectivity index (χ4v) is 1.97. The Bertz CT molecular complexity index is 346. The molecule has 0 spiro atoms. The van der Waals surface area contributed by atoms with Gasteiger partial charge in [0.2, 0.25) is 0 Å². The molecule has 18 heavy (non-hydrogen) atoms. The SMILES string of the molecule is CC(C)n1cc(OCCNCC2CCOC2)cn1. The molecule has 0 amide bonds. The summed E-state index contributed by atoms with van der Waals surface area (Å²) >= 11 is 0. The van der Waals surface area contributed by atoms with Crippen molar-refractivity contribution in [3.63, 3.8) is 0 Å². The number of nitrogens with zero attached hydrogens (tertiary/aromatic N) is 2. The molecule has 5 nitrogen and oxygen atoms in total. The van der Waals surface area contributed by atoms with Gasteiger partial charge in [-0.25, -0.2) is 0 Å². The standard InChI is InChI=1S/C13H23N3O2/c1-11(2)16-9-13(8-15-16)18-6-4-14-7-12-3-5-17-10-12/h8-9,11-12,14H,3-7,10H2,1-2H3. The van der Waals surface area contributed by atoms with E-state index in [0.29, 0.717) is 18.6 Å². The maximum atomic E-state index is 5.62. The van der Waals surface area contributed by atoms with Crippen LogP contribution in [0.25, 0.3) is 0 Å². The molecule has 102 valence electrons. The minimum Gasteiger partial charge on any atom is -0.489 e. The van der Waals surface area contributed by atoms with Crippen LogP contribution in [-0.2, 0) is 4.74 Å². The molecule has 0 bridgehead atoms. The Kier molecular flexibility index (Phi) is 5.01. The Morgan fingerprint density at radius 1 is 1.61 bits per heavy atom. The smallest absolute Gasteiger partial charge is 0.157 e. The van der Waals surface area contributed by atoms with Crippen LogP contribution in [0.2, 0.25) is 0 Å². The molecule has 2 heterocycles. The van der Waals surface area contributed by atoms with Gasteiger partial charge in [0.1, 0.15) is 6.61 Å². The van der Waals surface area contributed by atoms with E-state index in [1.807, 2.05) is 10.9 Å². The van der Waals surface area contributed by atoms with Crippen molar-refractivity contribution in [1.82, 2.24) is 15.1 Å². The number of hydrogen-bond acceptors (Lipinski definition) is 4. The molecular weight excluding hydrogens is 230 g/mol. The van der Waals surface area contributed by atoms with Gasteiger partial charge in [0.15, 0.2) is 5.75 Å². The summed E-state index contributed by atoms with van der Waals surface area (Å²) in [6.07, 6.45) is 4.88. The van der Waals surface area contributed by atoms with Gasteiger partial charge in [0.25, 0.3) is 0 Å². The summed E-state index contributed by atoms with van der Waals surface area (Å²) in [5.41, 5.74) is 0. The summed E-state index contributed by atoms with van der Waals surface area (Å²) in [5.74, 6) is 1.52. The third-order valence-electron chi connectivity index (χ3n) is 3.11. The molecule has 0 aromatic carbocycles. The van der Waals surface area contributed by atoms with Crippen LogP contribution >= 0.6 is 0 Å². The van der Waals surface area contributed by atoms with Crippen LogP contribution in [0.3, 0.4) is 0 Å². The lowest BCUT2D eigenvalue weighted by Crippen LogP contribution is -2.27. The molecule has 0 saturated carbocycles. The Balaban J connectivity index is 1.56. The number of nitrogens with one attached hydrogen (secondary N) is 1. The van der Waals surface area contributed by atoms with Crippen molar-refractivity contribution >= 4 is 0 Å². The molecule has 1 saturated heterocycles. The van der Waals surface area contributed by atoms with E-state index in [1.54, 1.807) is 6.20 Å². The first-order chi connectivity index (χ1) is 8.75. The fraction of sp³-hybridized carbons (Fsp3) is 0.769. The average molecular weight is 253 g/mol. The molecule has 1 atom stereocenters. The van der Waals surface area contributed by atoms with Gasteiger partial charge in [0, 0.05) is 25.7 Å². The lowest BCUT2D eigenvalue weighted by Gasteiger charge is -2.09. The number of hydrogen-bond donors (Lipinski definition) is 1. The molecular formula is C13H23N3O2. The topological polar surface area (TPSA) is 48.3 Å². The normalized spacial score (nSPS) is 19.6. The second kappa shape index (κ2) is 6.75. The quantitative estimate of drug-likeness (QED) is 0.748. The van der Waals surface area contributed by atoms with Gasteiger partial charge in [0.05, 0.1) is 19.0 Å². The third-order valence-corrected chi connectivity index (χ3v) is 3.11. The zero-order valence-electron chi connectivity index (χ0n) is 11.3. The summed E-state index contributed by atoms with van der Waals surface area (Å²) in [6, 6.07) is 0.378. The Morgan fingerprint density at radius 3 is 3.17 bits per heavy atom. The van der Waals surface area contributed by atoms with Crippen molar-refractivity contribution < 1.29 is 9.47 Å². The predicted molar refractivity (Wildman–Crippen MR) is 69.9 cm³/mol. The molecule has 0 aliphatic carbocycles. The predicted octanol–water partition coefficient (Wildman–Crippen LogP) is 1.47. The van der Waals surface area contributed by atoms with Crippen molar-refractivity contribution in [2.75, 3.05) is 32.9 Å². The van der Waals surface area contributed by atoms with E-state index in [0.717, 1.165) is 32.1 Å². The van der Waals surface area contributed by atoms with Crippen LogP contribution in [0.4, 0.5) is 0 Å². The lowest BCUT2D eigenvalue weighted by atomic mass is 10.1. The van der Waals surface area contributed by atoms with Crippen LogP contribution in [0.5, 0.6) is 5.75 Å². The van der Waals surface area contributed by atoms with E-state index < -0.39 is 0 Å². The largest absolute Gasteiger partial charge is 0.489 e. The van der Waals surface area contributed by atoms with Gasteiger partial charge in [-0.15, -0.1) is 0 Å². The minimum atomic E-state index is 0.378. The Morgan fingerprint density at radius 2 is 2.50 bits per heavy atom. The first-order valence-corrected chi connectivity index (χ1v) is 6.71. The first-order valence-electron chi connectivity index (χ1n) is 6.71. The molecule has 1 N–H and O–H groups in total. The van der Waals surface area contributed by atoms with E-state index in [9.17, 15) is 0 Å². The van der Waals surface area contributed by atoms with Crippen molar-refractivity contribution in [2.24, 2.45) is 5.92 Å². The van der Waals surface area contributed by atoms with Crippen LogP contribution < -0.4 is 10.1 Å². The molecule has 1 aliphatic rings. The molecule has 1 aliphatic heterocycles. The highest BCUT2D eigenvalue weighted by atomic mass is 16.5. The fourth-order valence-electron chi connectivity index (χ4n) is 1.97. The molecule has 1 aromatic rings. The van der Waals surface area contributed by atoms with Crippen LogP contribution in [-0.4, -0.2) is 42.7 Å². The third kappa shape index (κ3) is 3.99. The molecule has 1 fully saturated rings. The van der Waals surface area contributed by atoms with Gasteiger partial charge in [-0.05, 0) is 26.2 Å². The summed E-state index contributed by atoms with van der Waals surface area (Å²) < 4.78 is 12.9. The van der Waals surface area contributed by atoms with Gasteiger partial charge < -0.3 is 14.8 Å². The average Bonchev–Trinajstić information content (AvgIpc) is 2.98. The summed E-state index contributed by atoms with van der Waals surface area (Å²) in [7, 11) is 0. The first kappa shape index (κ1) is 13.4. The van der Waals surface area contributed by atoms with Crippen LogP contribution in [0, 0.1) is 5.92 Å². The van der Waals surface area contributed by atoms with Crippen LogP contribution in [0.1, 0.15) is 26.3 Å². The van der Waals surface area contributed by atoms with Gasteiger partial charge >= 0.3 is 0 Å². The highest BCUT2D eigenvalue weighted by molar-refractivity contribution is 5.11. The van der Waals surface area contributed by atoms with E-state index in [2.05, 4.69) is 24.3 Å². The van der Waals surface area contributed by atoms with E-state index in [-0.39, 0.29) is 0 Å². The zero-order valence-corrected chi connectivity index (χ0v) is 11.3. The number of ether oxygens (including phenoxy) is 2. The monoisotopic (exact) mass is 253 g/mol. The zero-order chi connectivity index (χ0) is 12.8. The lowest BCUT2D eigenvalue weighted by molar-refractivity contribution is 0.185. The molecule has 5 heteroatoms. The maximum Gasteiger partial charge on any atom is 0.157 e. The maximum absolute atomic E-state index is 5.62. The number of aromatic nitrogens is 2. The van der Waals surface area contributed by atoms with Gasteiger partial charge in [-0.1, -0.05) is 0 Å². The van der Waals surface area contributed by atoms with Crippen molar-refractivity contribution in [3.8, 4) is 5.75 Å². The second-order valence-electron chi connectivity index (χ2n) is 5.03. The van der Waals surface area contributed by atoms with E-state index >= 15 is 0 Å². The van der Waals surface area contributed by atoms with E-state index in [4.69, 9.17) is 9.47 Å². The molecule has 1 unspecified atom stereocenters.